The summed E-state index contributed by atoms with van der Waals surface area (Å²) in [5.41, 5.74) is 3.19. The van der Waals surface area contributed by atoms with Crippen LogP contribution in [0, 0.1) is 0 Å². The smallest absolute Gasteiger partial charge is 0.297 e. The fourth-order valence-corrected chi connectivity index (χ4v) is 2.22. The summed E-state index contributed by atoms with van der Waals surface area (Å²) in [6.07, 6.45) is 3.12. The zero-order chi connectivity index (χ0) is 14.2. The van der Waals surface area contributed by atoms with Gasteiger partial charge in [0.15, 0.2) is 0 Å². The fourth-order valence-electron chi connectivity index (χ4n) is 2.00. The molecule has 0 heterocycles. The first-order valence-electron chi connectivity index (χ1n) is 6.37. The minimum absolute atomic E-state index is 0.433. The Kier molecular flexibility index (Phi) is 5.39. The molecule has 3 heteroatoms. The van der Waals surface area contributed by atoms with Gasteiger partial charge in [-0.25, -0.2) is 0 Å². The van der Waals surface area contributed by atoms with Crippen LogP contribution in [0.25, 0.3) is 5.57 Å². The van der Waals surface area contributed by atoms with Gasteiger partial charge < -0.3 is 4.74 Å². The third kappa shape index (κ3) is 4.25. The Hall–Kier alpha value is -2.06. The summed E-state index contributed by atoms with van der Waals surface area (Å²) in [4.78, 5) is 10.4. The number of rotatable bonds is 6. The van der Waals surface area contributed by atoms with Crippen LogP contribution >= 0.6 is 11.6 Å². The van der Waals surface area contributed by atoms with Crippen LogP contribution in [0.2, 0.25) is 5.02 Å². The molecule has 102 valence electrons. The maximum atomic E-state index is 10.4. The minimum Gasteiger partial charge on any atom is -0.436 e. The molecule has 2 aromatic rings. The second-order valence-electron chi connectivity index (χ2n) is 4.37. The molecule has 0 unspecified atom stereocenters. The van der Waals surface area contributed by atoms with Gasteiger partial charge in [0.05, 0.1) is 6.26 Å². The van der Waals surface area contributed by atoms with Crippen molar-refractivity contribution in [3.8, 4) is 0 Å². The van der Waals surface area contributed by atoms with Crippen LogP contribution in [0.4, 0.5) is 0 Å². The Labute approximate surface area is 123 Å². The van der Waals surface area contributed by atoms with E-state index >= 15 is 0 Å². The Balaban J connectivity index is 2.11. The van der Waals surface area contributed by atoms with E-state index in [1.54, 1.807) is 0 Å². The lowest BCUT2D eigenvalue weighted by molar-refractivity contribution is -0.123. The fraction of sp³-hybridized carbons (Fsp3) is 0.118. The first-order chi connectivity index (χ1) is 9.79. The quantitative estimate of drug-likeness (QED) is 0.578. The Morgan fingerprint density at radius 3 is 2.60 bits per heavy atom. The SMILES string of the molecule is O=CO/C=C(\CCc1cccc(Cl)c1)c1ccccc1. The molecule has 0 fully saturated rings. The molecule has 0 aromatic heterocycles. The Morgan fingerprint density at radius 2 is 1.90 bits per heavy atom. The van der Waals surface area contributed by atoms with E-state index in [0.717, 1.165) is 34.6 Å². The molecule has 0 N–H and O–H groups in total. The highest BCUT2D eigenvalue weighted by Gasteiger charge is 2.03. The van der Waals surface area contributed by atoms with Crippen molar-refractivity contribution >= 4 is 23.6 Å². The monoisotopic (exact) mass is 286 g/mol. The van der Waals surface area contributed by atoms with Gasteiger partial charge in [-0.05, 0) is 41.7 Å². The molecule has 0 saturated heterocycles. The number of hydrogen-bond donors (Lipinski definition) is 0. The molecule has 2 aromatic carbocycles. The number of carbonyl (C=O) groups excluding carboxylic acids is 1. The van der Waals surface area contributed by atoms with Gasteiger partial charge in [-0.3, -0.25) is 4.79 Å². The number of hydrogen-bond acceptors (Lipinski definition) is 2. The van der Waals surface area contributed by atoms with Crippen molar-refractivity contribution in [2.24, 2.45) is 0 Å². The van der Waals surface area contributed by atoms with Gasteiger partial charge >= 0.3 is 0 Å². The number of carbonyl (C=O) groups is 1. The topological polar surface area (TPSA) is 26.3 Å². The van der Waals surface area contributed by atoms with E-state index < -0.39 is 0 Å². The lowest BCUT2D eigenvalue weighted by Crippen LogP contribution is -1.91. The molecule has 0 aliphatic heterocycles. The summed E-state index contributed by atoms with van der Waals surface area (Å²) in [5.74, 6) is 0. The second-order valence-corrected chi connectivity index (χ2v) is 4.81. The molecule has 0 radical (unpaired) electrons. The Bertz CT molecular complexity index is 591. The van der Waals surface area contributed by atoms with Crippen LogP contribution in [-0.2, 0) is 16.0 Å². The van der Waals surface area contributed by atoms with Crippen LogP contribution < -0.4 is 0 Å². The van der Waals surface area contributed by atoms with E-state index in [4.69, 9.17) is 16.3 Å². The van der Waals surface area contributed by atoms with Gasteiger partial charge in [0, 0.05) is 5.02 Å². The average Bonchev–Trinajstić information content (AvgIpc) is 2.48. The van der Waals surface area contributed by atoms with E-state index in [1.807, 2.05) is 54.6 Å². The number of benzene rings is 2. The van der Waals surface area contributed by atoms with Crippen molar-refractivity contribution < 1.29 is 9.53 Å². The maximum absolute atomic E-state index is 10.4. The van der Waals surface area contributed by atoms with Gasteiger partial charge in [-0.1, -0.05) is 54.1 Å². The summed E-state index contributed by atoms with van der Waals surface area (Å²) < 4.78 is 4.79. The predicted octanol–water partition coefficient (Wildman–Crippen LogP) is 4.49. The first kappa shape index (κ1) is 14.4. The lowest BCUT2D eigenvalue weighted by Gasteiger charge is -2.07. The maximum Gasteiger partial charge on any atom is 0.297 e. The zero-order valence-electron chi connectivity index (χ0n) is 11.0. The third-order valence-electron chi connectivity index (χ3n) is 2.98. The van der Waals surface area contributed by atoms with Crippen LogP contribution in [0.1, 0.15) is 17.5 Å². The lowest BCUT2D eigenvalue weighted by atomic mass is 9.99. The van der Waals surface area contributed by atoms with Crippen LogP contribution in [0.15, 0.2) is 60.9 Å². The van der Waals surface area contributed by atoms with Gasteiger partial charge in [-0.15, -0.1) is 0 Å². The van der Waals surface area contributed by atoms with E-state index in [2.05, 4.69) is 0 Å². The molecule has 0 saturated carbocycles. The molecule has 0 aliphatic carbocycles. The van der Waals surface area contributed by atoms with Crippen LogP contribution in [-0.4, -0.2) is 6.47 Å². The van der Waals surface area contributed by atoms with Crippen LogP contribution in [0.3, 0.4) is 0 Å². The number of aryl methyl sites for hydroxylation is 1. The summed E-state index contributed by atoms with van der Waals surface area (Å²) >= 11 is 5.98. The number of allylic oxidation sites excluding steroid dienone is 1. The van der Waals surface area contributed by atoms with Crippen molar-refractivity contribution in [3.63, 3.8) is 0 Å². The second kappa shape index (κ2) is 7.51. The third-order valence-corrected chi connectivity index (χ3v) is 3.22. The van der Waals surface area contributed by atoms with E-state index in [-0.39, 0.29) is 0 Å². The van der Waals surface area contributed by atoms with Crippen LogP contribution in [0.5, 0.6) is 0 Å². The molecule has 0 aliphatic rings. The van der Waals surface area contributed by atoms with Crippen molar-refractivity contribution in [3.05, 3.63) is 77.0 Å². The van der Waals surface area contributed by atoms with Crippen molar-refractivity contribution in [1.82, 2.24) is 0 Å². The Morgan fingerprint density at radius 1 is 1.10 bits per heavy atom. The summed E-state index contributed by atoms with van der Waals surface area (Å²) in [5, 5.41) is 0.733. The average molecular weight is 287 g/mol. The molecule has 0 amide bonds. The highest BCUT2D eigenvalue weighted by molar-refractivity contribution is 6.30. The van der Waals surface area contributed by atoms with Crippen molar-refractivity contribution in [2.75, 3.05) is 0 Å². The van der Waals surface area contributed by atoms with Gasteiger partial charge in [0.2, 0.25) is 0 Å². The van der Waals surface area contributed by atoms with Gasteiger partial charge in [0.25, 0.3) is 6.47 Å². The van der Waals surface area contributed by atoms with E-state index in [9.17, 15) is 4.79 Å². The molecular formula is C17H15ClO2. The summed E-state index contributed by atoms with van der Waals surface area (Å²) in [7, 11) is 0. The molecule has 20 heavy (non-hydrogen) atoms. The largest absolute Gasteiger partial charge is 0.436 e. The molecule has 2 nitrogen and oxygen atoms in total. The highest BCUT2D eigenvalue weighted by atomic mass is 35.5. The standard InChI is InChI=1S/C17H15ClO2/c18-17-8-4-5-14(11-17)9-10-16(12-20-13-19)15-6-2-1-3-7-15/h1-8,11-13H,9-10H2/b16-12+. The summed E-state index contributed by atoms with van der Waals surface area (Å²) in [6, 6.07) is 17.7. The molecule has 0 bridgehead atoms. The number of halogens is 1. The molecule has 2 rings (SSSR count). The highest BCUT2D eigenvalue weighted by Crippen LogP contribution is 2.21. The van der Waals surface area contributed by atoms with Gasteiger partial charge in [0.1, 0.15) is 0 Å². The number of ether oxygens (including phenoxy) is 1. The predicted molar refractivity (Wildman–Crippen MR) is 81.3 cm³/mol. The van der Waals surface area contributed by atoms with E-state index in [1.165, 1.54) is 6.26 Å². The normalized spacial score (nSPS) is 11.2. The summed E-state index contributed by atoms with van der Waals surface area (Å²) in [6.45, 7) is 0.433. The molecule has 0 spiro atoms. The van der Waals surface area contributed by atoms with E-state index in [0.29, 0.717) is 6.47 Å². The van der Waals surface area contributed by atoms with Gasteiger partial charge in [-0.2, -0.15) is 0 Å². The van der Waals surface area contributed by atoms with Crippen molar-refractivity contribution in [2.45, 2.75) is 12.8 Å². The van der Waals surface area contributed by atoms with Crippen molar-refractivity contribution in [1.29, 1.82) is 0 Å². The first-order valence-corrected chi connectivity index (χ1v) is 6.75. The molecular weight excluding hydrogens is 272 g/mol. The molecule has 0 atom stereocenters. The zero-order valence-corrected chi connectivity index (χ0v) is 11.7. The minimum atomic E-state index is 0.433.